The fourth-order valence-corrected chi connectivity index (χ4v) is 3.98. The van der Waals surface area contributed by atoms with E-state index in [1.807, 2.05) is 48.5 Å². The van der Waals surface area contributed by atoms with Crippen molar-refractivity contribution in [3.8, 4) is 22.8 Å². The number of hydrogen-bond donors (Lipinski definition) is 4. The molecule has 0 saturated heterocycles. The molecule has 0 bridgehead atoms. The van der Waals surface area contributed by atoms with Gasteiger partial charge in [-0.2, -0.15) is 0 Å². The van der Waals surface area contributed by atoms with Crippen LogP contribution >= 0.6 is 0 Å². The molecule has 2 aromatic heterocycles. The fourth-order valence-electron chi connectivity index (χ4n) is 3.98. The molecule has 5 rings (SSSR count). The van der Waals surface area contributed by atoms with Crippen molar-refractivity contribution in [2.24, 2.45) is 0 Å². The summed E-state index contributed by atoms with van der Waals surface area (Å²) in [6.45, 7) is -0.0314. The van der Waals surface area contributed by atoms with E-state index in [4.69, 9.17) is 19.4 Å². The highest BCUT2D eigenvalue weighted by molar-refractivity contribution is 5.96. The molecule has 0 fully saturated rings. The number of nitrogens with zero attached hydrogens (tertiary/aromatic N) is 2. The van der Waals surface area contributed by atoms with E-state index in [9.17, 15) is 9.59 Å². The Bertz CT molecular complexity index is 1450. The van der Waals surface area contributed by atoms with Gasteiger partial charge < -0.3 is 30.1 Å². The molecule has 5 aromatic rings. The minimum absolute atomic E-state index is 0.0157. The summed E-state index contributed by atoms with van der Waals surface area (Å²) < 4.78 is 9.74. The number of fused-ring (bicyclic) bond motifs is 2. The Morgan fingerprint density at radius 2 is 1.17 bits per heavy atom. The number of carbonyl (C=O) groups excluding carboxylic acids is 2. The van der Waals surface area contributed by atoms with Crippen LogP contribution in [-0.2, 0) is 19.1 Å². The molecule has 0 radical (unpaired) electrons. The monoisotopic (exact) mass is 484 g/mol. The number of carbonyl (C=O) groups is 2. The average molecular weight is 485 g/mol. The molecular formula is C26H24N6O4. The number of benzene rings is 3. The van der Waals surface area contributed by atoms with Gasteiger partial charge in [-0.25, -0.2) is 9.97 Å². The van der Waals surface area contributed by atoms with E-state index < -0.39 is 0 Å². The number of methoxy groups -OCH3 is 2. The molecule has 2 heterocycles. The van der Waals surface area contributed by atoms with Crippen molar-refractivity contribution in [3.63, 3.8) is 0 Å². The van der Waals surface area contributed by atoms with Crippen LogP contribution < -0.4 is 10.6 Å². The van der Waals surface area contributed by atoms with Crippen LogP contribution in [0.4, 0.5) is 11.4 Å². The van der Waals surface area contributed by atoms with Gasteiger partial charge in [0, 0.05) is 36.7 Å². The Morgan fingerprint density at radius 1 is 0.722 bits per heavy atom. The predicted octanol–water partition coefficient (Wildman–Crippen LogP) is 3.94. The molecule has 10 heteroatoms. The van der Waals surface area contributed by atoms with Crippen LogP contribution in [0, 0.1) is 0 Å². The molecule has 0 unspecified atom stereocenters. The number of aromatic amines is 2. The van der Waals surface area contributed by atoms with Gasteiger partial charge in [0.05, 0.1) is 22.1 Å². The lowest BCUT2D eigenvalue weighted by Crippen LogP contribution is -2.16. The zero-order chi connectivity index (χ0) is 25.1. The first-order chi connectivity index (χ1) is 17.5. The minimum atomic E-state index is -0.228. The summed E-state index contributed by atoms with van der Waals surface area (Å²) in [5.41, 5.74) is 6.15. The van der Waals surface area contributed by atoms with E-state index in [2.05, 4.69) is 20.6 Å². The summed E-state index contributed by atoms with van der Waals surface area (Å²) in [5.74, 6) is 0.893. The maximum absolute atomic E-state index is 11.9. The number of hydrogen-bond acceptors (Lipinski definition) is 6. The third kappa shape index (κ3) is 4.81. The third-order valence-corrected chi connectivity index (χ3v) is 5.52. The average Bonchev–Trinajstić information content (AvgIpc) is 3.48. The van der Waals surface area contributed by atoms with Crippen LogP contribution in [0.15, 0.2) is 60.7 Å². The molecule has 4 N–H and O–H groups in total. The molecule has 0 spiro atoms. The van der Waals surface area contributed by atoms with E-state index >= 15 is 0 Å². The molecule has 0 aliphatic heterocycles. The lowest BCUT2D eigenvalue weighted by molar-refractivity contribution is -0.120. The van der Waals surface area contributed by atoms with Gasteiger partial charge in [-0.3, -0.25) is 9.59 Å². The molecule has 0 aliphatic rings. The number of amides is 2. The highest BCUT2D eigenvalue weighted by atomic mass is 16.5. The quantitative estimate of drug-likeness (QED) is 0.264. The van der Waals surface area contributed by atoms with Crippen LogP contribution in [-0.4, -0.2) is 59.2 Å². The fraction of sp³-hybridized carbons (Fsp3) is 0.154. The van der Waals surface area contributed by atoms with E-state index in [1.54, 1.807) is 12.1 Å². The van der Waals surface area contributed by atoms with Crippen molar-refractivity contribution in [1.82, 2.24) is 19.9 Å². The zero-order valence-electron chi connectivity index (χ0n) is 19.7. The van der Waals surface area contributed by atoms with Crippen molar-refractivity contribution in [3.05, 3.63) is 60.7 Å². The van der Waals surface area contributed by atoms with E-state index in [-0.39, 0.29) is 25.0 Å². The number of H-pyrrole nitrogens is 2. The largest absolute Gasteiger partial charge is 0.375 e. The molecule has 3 aromatic carbocycles. The minimum Gasteiger partial charge on any atom is -0.375 e. The molecule has 36 heavy (non-hydrogen) atoms. The molecule has 0 atom stereocenters. The Morgan fingerprint density at radius 3 is 1.58 bits per heavy atom. The predicted molar refractivity (Wildman–Crippen MR) is 138 cm³/mol. The molecule has 2 amide bonds. The second-order valence-corrected chi connectivity index (χ2v) is 8.14. The number of aromatic nitrogens is 4. The highest BCUT2D eigenvalue weighted by Crippen LogP contribution is 2.32. The smallest absolute Gasteiger partial charge is 0.250 e. The second kappa shape index (κ2) is 9.98. The van der Waals surface area contributed by atoms with Gasteiger partial charge in [-0.1, -0.05) is 24.3 Å². The first kappa shape index (κ1) is 23.2. The molecule has 0 aliphatic carbocycles. The van der Waals surface area contributed by atoms with E-state index in [0.717, 1.165) is 33.2 Å². The Hall–Kier alpha value is -4.54. The molecule has 182 valence electrons. The van der Waals surface area contributed by atoms with Crippen molar-refractivity contribution >= 4 is 45.3 Å². The zero-order valence-corrected chi connectivity index (χ0v) is 19.7. The first-order valence-corrected chi connectivity index (χ1v) is 11.2. The topological polar surface area (TPSA) is 134 Å². The number of ether oxygens (including phenoxy) is 2. The van der Waals surface area contributed by atoms with Gasteiger partial charge in [0.25, 0.3) is 0 Å². The van der Waals surface area contributed by atoms with Gasteiger partial charge in [0.15, 0.2) is 0 Å². The van der Waals surface area contributed by atoms with Gasteiger partial charge in [0.2, 0.25) is 11.8 Å². The lowest BCUT2D eigenvalue weighted by Gasteiger charge is -2.04. The first-order valence-electron chi connectivity index (χ1n) is 11.2. The van der Waals surface area contributed by atoms with Crippen molar-refractivity contribution < 1.29 is 19.1 Å². The third-order valence-electron chi connectivity index (χ3n) is 5.52. The number of nitrogens with one attached hydrogen (secondary N) is 4. The summed E-state index contributed by atoms with van der Waals surface area (Å²) >= 11 is 0. The van der Waals surface area contributed by atoms with Crippen LogP contribution in [0.1, 0.15) is 0 Å². The standard InChI is InChI=1S/C26H24N6O4/c1-35-13-23(33)27-15-7-9-19-21(11-15)31-25(29-19)17-5-3-4-6-18(17)26-30-20-10-8-16(12-22(20)32-26)28-24(34)14-36-2/h3-12H,13-14H2,1-2H3,(H,27,33)(H,28,34)(H,29,31)(H,30,32). The summed E-state index contributed by atoms with van der Waals surface area (Å²) in [5, 5.41) is 5.60. The Balaban J connectivity index is 1.47. The van der Waals surface area contributed by atoms with Crippen LogP contribution in [0.25, 0.3) is 44.8 Å². The Kier molecular flexibility index (Phi) is 6.44. The van der Waals surface area contributed by atoms with Crippen LogP contribution in [0.5, 0.6) is 0 Å². The molecule has 10 nitrogen and oxygen atoms in total. The van der Waals surface area contributed by atoms with Crippen LogP contribution in [0.3, 0.4) is 0 Å². The molecular weight excluding hydrogens is 460 g/mol. The van der Waals surface area contributed by atoms with E-state index in [1.165, 1.54) is 14.2 Å². The van der Waals surface area contributed by atoms with Crippen molar-refractivity contribution in [1.29, 1.82) is 0 Å². The van der Waals surface area contributed by atoms with Gasteiger partial charge in [-0.15, -0.1) is 0 Å². The SMILES string of the molecule is COCC(=O)Nc1ccc2nc(-c3ccccc3-c3nc4ccc(NC(=O)COC)cc4[nH]3)[nH]c2c1. The summed E-state index contributed by atoms with van der Waals surface area (Å²) in [7, 11) is 2.95. The normalized spacial score (nSPS) is 11.2. The number of imidazole rings is 2. The van der Waals surface area contributed by atoms with Gasteiger partial charge in [-0.05, 0) is 36.4 Å². The lowest BCUT2D eigenvalue weighted by atomic mass is 10.1. The maximum atomic E-state index is 11.9. The number of anilines is 2. The van der Waals surface area contributed by atoms with E-state index in [0.29, 0.717) is 23.0 Å². The number of rotatable bonds is 8. The maximum Gasteiger partial charge on any atom is 0.250 e. The van der Waals surface area contributed by atoms with Crippen molar-refractivity contribution in [2.75, 3.05) is 38.1 Å². The van der Waals surface area contributed by atoms with Crippen molar-refractivity contribution in [2.45, 2.75) is 0 Å². The summed E-state index contributed by atoms with van der Waals surface area (Å²) in [4.78, 5) is 39.9. The highest BCUT2D eigenvalue weighted by Gasteiger charge is 2.15. The Labute approximate surface area is 206 Å². The summed E-state index contributed by atoms with van der Waals surface area (Å²) in [6, 6.07) is 18.8. The second-order valence-electron chi connectivity index (χ2n) is 8.14. The van der Waals surface area contributed by atoms with Crippen LogP contribution in [0.2, 0.25) is 0 Å². The molecule has 0 saturated carbocycles. The van der Waals surface area contributed by atoms with Gasteiger partial charge >= 0.3 is 0 Å². The van der Waals surface area contributed by atoms with Gasteiger partial charge in [0.1, 0.15) is 24.9 Å². The summed E-state index contributed by atoms with van der Waals surface area (Å²) in [6.07, 6.45) is 0.